The number of aromatic nitrogens is 1. The number of nitrogens with one attached hydrogen (secondary N) is 1. The van der Waals surface area contributed by atoms with E-state index in [4.69, 9.17) is 0 Å². The molecule has 1 atom stereocenters. The van der Waals surface area contributed by atoms with Gasteiger partial charge in [0.2, 0.25) is 0 Å². The number of aryl methyl sites for hydroxylation is 1. The maximum absolute atomic E-state index is 11.3. The number of anilines is 1. The third-order valence-electron chi connectivity index (χ3n) is 2.61. The second-order valence-corrected chi connectivity index (χ2v) is 7.09. The van der Waals surface area contributed by atoms with Crippen molar-refractivity contribution in [2.45, 2.75) is 19.4 Å². The number of sulfone groups is 1. The standard InChI is InChI=1S/C10H13BrN2O2S/c1-7-9(11)2-3-10(12-7)13-8-4-5-16(14,15)6-8/h2-3,8H,4-6H2,1H3,(H,12,13). The van der Waals surface area contributed by atoms with Gasteiger partial charge in [0.15, 0.2) is 9.84 Å². The molecular weight excluding hydrogens is 292 g/mol. The molecule has 1 N–H and O–H groups in total. The summed E-state index contributed by atoms with van der Waals surface area (Å²) < 4.78 is 23.5. The summed E-state index contributed by atoms with van der Waals surface area (Å²) in [6.07, 6.45) is 0.666. The molecule has 1 aliphatic heterocycles. The van der Waals surface area contributed by atoms with Gasteiger partial charge in [0.05, 0.1) is 17.2 Å². The lowest BCUT2D eigenvalue weighted by atomic mass is 10.2. The van der Waals surface area contributed by atoms with Crippen molar-refractivity contribution in [2.75, 3.05) is 16.8 Å². The molecule has 1 saturated heterocycles. The fourth-order valence-electron chi connectivity index (χ4n) is 1.74. The highest BCUT2D eigenvalue weighted by molar-refractivity contribution is 9.10. The molecule has 4 nitrogen and oxygen atoms in total. The van der Waals surface area contributed by atoms with Crippen LogP contribution in [0.4, 0.5) is 5.82 Å². The van der Waals surface area contributed by atoms with Crippen LogP contribution in [-0.4, -0.2) is 30.9 Å². The molecule has 0 radical (unpaired) electrons. The maximum Gasteiger partial charge on any atom is 0.152 e. The van der Waals surface area contributed by atoms with Crippen molar-refractivity contribution in [3.8, 4) is 0 Å². The molecule has 16 heavy (non-hydrogen) atoms. The number of rotatable bonds is 2. The molecule has 0 aromatic carbocycles. The van der Waals surface area contributed by atoms with Gasteiger partial charge >= 0.3 is 0 Å². The maximum atomic E-state index is 11.3. The van der Waals surface area contributed by atoms with Crippen molar-refractivity contribution in [3.05, 3.63) is 22.3 Å². The lowest BCUT2D eigenvalue weighted by Crippen LogP contribution is -2.21. The van der Waals surface area contributed by atoms with E-state index in [0.717, 1.165) is 16.0 Å². The van der Waals surface area contributed by atoms with Crippen molar-refractivity contribution in [1.29, 1.82) is 0 Å². The lowest BCUT2D eigenvalue weighted by molar-refractivity contribution is 0.602. The molecule has 6 heteroatoms. The lowest BCUT2D eigenvalue weighted by Gasteiger charge is -2.12. The molecule has 1 aromatic heterocycles. The Balaban J connectivity index is 2.08. The number of hydrogen-bond acceptors (Lipinski definition) is 4. The molecule has 0 saturated carbocycles. The van der Waals surface area contributed by atoms with E-state index in [1.807, 2.05) is 19.1 Å². The largest absolute Gasteiger partial charge is 0.366 e. The van der Waals surface area contributed by atoms with Crippen molar-refractivity contribution < 1.29 is 8.42 Å². The number of halogens is 1. The van der Waals surface area contributed by atoms with Gasteiger partial charge in [0.25, 0.3) is 0 Å². The van der Waals surface area contributed by atoms with Gasteiger partial charge in [-0.25, -0.2) is 13.4 Å². The minimum absolute atomic E-state index is 0.00178. The Morgan fingerprint density at radius 1 is 1.50 bits per heavy atom. The van der Waals surface area contributed by atoms with E-state index in [9.17, 15) is 8.42 Å². The summed E-state index contributed by atoms with van der Waals surface area (Å²) in [7, 11) is -2.83. The Hall–Kier alpha value is -0.620. The Morgan fingerprint density at radius 2 is 2.25 bits per heavy atom. The van der Waals surface area contributed by atoms with Crippen LogP contribution in [0.5, 0.6) is 0 Å². The summed E-state index contributed by atoms with van der Waals surface area (Å²) in [6, 6.07) is 3.76. The second-order valence-electron chi connectivity index (χ2n) is 4.01. The Kier molecular flexibility index (Phi) is 3.21. The molecule has 1 aromatic rings. The summed E-state index contributed by atoms with van der Waals surface area (Å²) in [6.45, 7) is 1.90. The average molecular weight is 305 g/mol. The molecule has 0 spiro atoms. The predicted octanol–water partition coefficient (Wildman–Crippen LogP) is 1.75. The zero-order valence-corrected chi connectivity index (χ0v) is 11.3. The first-order valence-corrected chi connectivity index (χ1v) is 7.68. The molecular formula is C10H13BrN2O2S. The first-order chi connectivity index (χ1) is 7.46. The van der Waals surface area contributed by atoms with Crippen molar-refractivity contribution in [1.82, 2.24) is 4.98 Å². The smallest absolute Gasteiger partial charge is 0.152 e. The van der Waals surface area contributed by atoms with E-state index in [-0.39, 0.29) is 17.5 Å². The van der Waals surface area contributed by atoms with Gasteiger partial charge in [-0.05, 0) is 41.4 Å². The zero-order chi connectivity index (χ0) is 11.8. The SMILES string of the molecule is Cc1nc(NC2CCS(=O)(=O)C2)ccc1Br. The van der Waals surface area contributed by atoms with Crippen LogP contribution in [-0.2, 0) is 9.84 Å². The summed E-state index contributed by atoms with van der Waals surface area (Å²) in [4.78, 5) is 4.33. The van der Waals surface area contributed by atoms with Crippen molar-refractivity contribution >= 4 is 31.6 Å². The quantitative estimate of drug-likeness (QED) is 0.904. The van der Waals surface area contributed by atoms with Crippen LogP contribution in [0.3, 0.4) is 0 Å². The van der Waals surface area contributed by atoms with Crippen LogP contribution in [0, 0.1) is 6.92 Å². The fourth-order valence-corrected chi connectivity index (χ4v) is 3.64. The molecule has 1 aliphatic rings. The molecule has 2 rings (SSSR count). The minimum atomic E-state index is -2.83. The molecule has 88 valence electrons. The summed E-state index contributed by atoms with van der Waals surface area (Å²) in [5, 5.41) is 3.15. The van der Waals surface area contributed by atoms with Crippen molar-refractivity contribution in [3.63, 3.8) is 0 Å². The number of hydrogen-bond donors (Lipinski definition) is 1. The van der Waals surface area contributed by atoms with E-state index >= 15 is 0 Å². The van der Waals surface area contributed by atoms with Gasteiger partial charge in [0.1, 0.15) is 5.82 Å². The topological polar surface area (TPSA) is 59.1 Å². The summed E-state index contributed by atoms with van der Waals surface area (Å²) >= 11 is 3.37. The average Bonchev–Trinajstić information content (AvgIpc) is 2.52. The molecule has 0 amide bonds. The highest BCUT2D eigenvalue weighted by Crippen LogP contribution is 2.19. The molecule has 0 aliphatic carbocycles. The second kappa shape index (κ2) is 4.33. The molecule has 0 bridgehead atoms. The minimum Gasteiger partial charge on any atom is -0.366 e. The monoisotopic (exact) mass is 304 g/mol. The highest BCUT2D eigenvalue weighted by Gasteiger charge is 2.27. The van der Waals surface area contributed by atoms with Gasteiger partial charge in [-0.3, -0.25) is 0 Å². The molecule has 2 heterocycles. The summed E-state index contributed by atoms with van der Waals surface area (Å²) in [5.41, 5.74) is 0.894. The first kappa shape index (κ1) is 11.9. The van der Waals surface area contributed by atoms with Crippen molar-refractivity contribution in [2.24, 2.45) is 0 Å². The van der Waals surface area contributed by atoms with Crippen LogP contribution in [0.1, 0.15) is 12.1 Å². The Labute approximate surface area is 104 Å². The normalized spacial score (nSPS) is 23.2. The molecule has 1 fully saturated rings. The van der Waals surface area contributed by atoms with E-state index in [1.54, 1.807) is 0 Å². The highest BCUT2D eigenvalue weighted by atomic mass is 79.9. The van der Waals surface area contributed by atoms with Crippen LogP contribution < -0.4 is 5.32 Å². The Bertz CT molecular complexity index is 502. The van der Waals surface area contributed by atoms with E-state index in [2.05, 4.69) is 26.2 Å². The number of pyridine rings is 1. The fraction of sp³-hybridized carbons (Fsp3) is 0.500. The predicted molar refractivity (Wildman–Crippen MR) is 67.4 cm³/mol. The van der Waals surface area contributed by atoms with Gasteiger partial charge in [-0.15, -0.1) is 0 Å². The van der Waals surface area contributed by atoms with Crippen LogP contribution in [0.2, 0.25) is 0 Å². The van der Waals surface area contributed by atoms with Crippen LogP contribution in [0.15, 0.2) is 16.6 Å². The van der Waals surface area contributed by atoms with E-state index in [1.165, 1.54) is 0 Å². The summed E-state index contributed by atoms with van der Waals surface area (Å²) in [5.74, 6) is 1.23. The van der Waals surface area contributed by atoms with Gasteiger partial charge in [0, 0.05) is 10.5 Å². The zero-order valence-electron chi connectivity index (χ0n) is 8.90. The van der Waals surface area contributed by atoms with Gasteiger partial charge in [-0.1, -0.05) is 0 Å². The van der Waals surface area contributed by atoms with E-state index in [0.29, 0.717) is 6.42 Å². The third kappa shape index (κ3) is 2.74. The molecule has 1 unspecified atom stereocenters. The van der Waals surface area contributed by atoms with Gasteiger partial charge < -0.3 is 5.32 Å². The third-order valence-corrected chi connectivity index (χ3v) is 5.21. The Morgan fingerprint density at radius 3 is 2.81 bits per heavy atom. The van der Waals surface area contributed by atoms with E-state index < -0.39 is 9.84 Å². The van der Waals surface area contributed by atoms with Crippen LogP contribution in [0.25, 0.3) is 0 Å². The van der Waals surface area contributed by atoms with Crippen LogP contribution >= 0.6 is 15.9 Å². The number of nitrogens with zero attached hydrogens (tertiary/aromatic N) is 1. The van der Waals surface area contributed by atoms with Gasteiger partial charge in [-0.2, -0.15) is 0 Å². The first-order valence-electron chi connectivity index (χ1n) is 5.06.